The largest absolute Gasteiger partial charge is 0.497 e. The van der Waals surface area contributed by atoms with E-state index in [4.69, 9.17) is 10.5 Å². The lowest BCUT2D eigenvalue weighted by atomic mass is 10.2. The smallest absolute Gasteiger partial charge is 0.239 e. The zero-order chi connectivity index (χ0) is 13.5. The Kier molecular flexibility index (Phi) is 5.30. The van der Waals surface area contributed by atoms with Crippen molar-refractivity contribution < 1.29 is 9.53 Å². The molecule has 0 aliphatic heterocycles. The molecule has 0 radical (unpaired) electrons. The average molecular weight is 251 g/mol. The van der Waals surface area contributed by atoms with Crippen LogP contribution in [0.4, 0.5) is 11.4 Å². The molecule has 1 aromatic rings. The SMILES string of the molecule is CCCN(CC(=O)NC)c1cc(OC)ccc1N. The number of methoxy groups -OCH3 is 1. The first-order valence-electron chi connectivity index (χ1n) is 6.01. The summed E-state index contributed by atoms with van der Waals surface area (Å²) in [7, 11) is 3.24. The van der Waals surface area contributed by atoms with Gasteiger partial charge in [0.25, 0.3) is 0 Å². The van der Waals surface area contributed by atoms with Gasteiger partial charge in [0.15, 0.2) is 0 Å². The van der Waals surface area contributed by atoms with Crippen LogP contribution in [0.1, 0.15) is 13.3 Å². The number of carbonyl (C=O) groups excluding carboxylic acids is 1. The second-order valence-corrected chi connectivity index (χ2v) is 4.02. The highest BCUT2D eigenvalue weighted by molar-refractivity contribution is 5.83. The maximum atomic E-state index is 11.5. The predicted molar refractivity (Wildman–Crippen MR) is 74.0 cm³/mol. The molecule has 1 rings (SSSR count). The molecule has 0 saturated heterocycles. The summed E-state index contributed by atoms with van der Waals surface area (Å²) in [6, 6.07) is 5.46. The van der Waals surface area contributed by atoms with Crippen molar-refractivity contribution in [2.24, 2.45) is 0 Å². The number of nitrogens with one attached hydrogen (secondary N) is 1. The summed E-state index contributed by atoms with van der Waals surface area (Å²) in [5.74, 6) is 0.697. The first-order valence-corrected chi connectivity index (χ1v) is 6.01. The predicted octanol–water partition coefficient (Wildman–Crippen LogP) is 1.24. The number of likely N-dealkylation sites (N-methyl/N-ethyl adjacent to an activating group) is 1. The van der Waals surface area contributed by atoms with Crippen molar-refractivity contribution in [3.63, 3.8) is 0 Å². The normalized spacial score (nSPS) is 9.94. The van der Waals surface area contributed by atoms with E-state index in [1.54, 1.807) is 20.2 Å². The number of carbonyl (C=O) groups is 1. The summed E-state index contributed by atoms with van der Waals surface area (Å²) >= 11 is 0. The van der Waals surface area contributed by atoms with Gasteiger partial charge in [-0.05, 0) is 18.6 Å². The van der Waals surface area contributed by atoms with Crippen molar-refractivity contribution in [2.45, 2.75) is 13.3 Å². The molecule has 1 aromatic carbocycles. The number of nitrogen functional groups attached to an aromatic ring is 1. The van der Waals surface area contributed by atoms with E-state index in [0.29, 0.717) is 12.2 Å². The van der Waals surface area contributed by atoms with Crippen LogP contribution >= 0.6 is 0 Å². The number of benzene rings is 1. The third-order valence-corrected chi connectivity index (χ3v) is 2.69. The van der Waals surface area contributed by atoms with Gasteiger partial charge in [-0.1, -0.05) is 6.92 Å². The molecule has 5 heteroatoms. The fourth-order valence-electron chi connectivity index (χ4n) is 1.73. The highest BCUT2D eigenvalue weighted by Gasteiger charge is 2.13. The van der Waals surface area contributed by atoms with Gasteiger partial charge in [0.1, 0.15) is 5.75 Å². The molecule has 0 aromatic heterocycles. The van der Waals surface area contributed by atoms with Crippen LogP contribution in [0.15, 0.2) is 18.2 Å². The van der Waals surface area contributed by atoms with Gasteiger partial charge in [0.2, 0.25) is 5.91 Å². The number of hydrogen-bond acceptors (Lipinski definition) is 4. The van der Waals surface area contributed by atoms with E-state index in [-0.39, 0.29) is 5.91 Å². The molecule has 0 spiro atoms. The number of hydrogen-bond donors (Lipinski definition) is 2. The third kappa shape index (κ3) is 3.55. The number of nitrogens with zero attached hydrogens (tertiary/aromatic N) is 1. The number of rotatable bonds is 6. The van der Waals surface area contributed by atoms with Crippen LogP contribution in [0.25, 0.3) is 0 Å². The van der Waals surface area contributed by atoms with Gasteiger partial charge in [-0.25, -0.2) is 0 Å². The zero-order valence-corrected chi connectivity index (χ0v) is 11.2. The third-order valence-electron chi connectivity index (χ3n) is 2.69. The van der Waals surface area contributed by atoms with Crippen LogP contribution in [0.2, 0.25) is 0 Å². The van der Waals surface area contributed by atoms with E-state index >= 15 is 0 Å². The van der Waals surface area contributed by atoms with Crippen LogP contribution in [-0.4, -0.2) is 33.2 Å². The fraction of sp³-hybridized carbons (Fsp3) is 0.462. The molecule has 0 heterocycles. The molecule has 100 valence electrons. The lowest BCUT2D eigenvalue weighted by Crippen LogP contribution is -2.36. The molecule has 5 nitrogen and oxygen atoms in total. The lowest BCUT2D eigenvalue weighted by molar-refractivity contribution is -0.119. The Bertz CT molecular complexity index is 407. The van der Waals surface area contributed by atoms with Crippen molar-refractivity contribution in [2.75, 3.05) is 37.9 Å². The molecule has 18 heavy (non-hydrogen) atoms. The van der Waals surface area contributed by atoms with Crippen LogP contribution in [-0.2, 0) is 4.79 Å². The van der Waals surface area contributed by atoms with Crippen LogP contribution < -0.4 is 20.7 Å². The first-order chi connectivity index (χ1) is 8.62. The molecule has 0 atom stereocenters. The standard InChI is InChI=1S/C13H21N3O2/c1-4-7-16(9-13(17)15-2)12-8-10(18-3)5-6-11(12)14/h5-6,8H,4,7,9,14H2,1-3H3,(H,15,17). The molecular weight excluding hydrogens is 230 g/mol. The topological polar surface area (TPSA) is 67.6 Å². The molecule has 3 N–H and O–H groups in total. The monoisotopic (exact) mass is 251 g/mol. The van der Waals surface area contributed by atoms with Gasteiger partial charge in [0.05, 0.1) is 25.0 Å². The zero-order valence-electron chi connectivity index (χ0n) is 11.2. The number of nitrogens with two attached hydrogens (primary N) is 1. The molecule has 1 amide bonds. The van der Waals surface area contributed by atoms with Gasteiger partial charge < -0.3 is 20.7 Å². The lowest BCUT2D eigenvalue weighted by Gasteiger charge is -2.25. The first kappa shape index (κ1) is 14.2. The van der Waals surface area contributed by atoms with Crippen LogP contribution in [0.5, 0.6) is 5.75 Å². The summed E-state index contributed by atoms with van der Waals surface area (Å²) in [6.45, 7) is 3.12. The maximum Gasteiger partial charge on any atom is 0.239 e. The Morgan fingerprint density at radius 2 is 2.22 bits per heavy atom. The van der Waals surface area contributed by atoms with Crippen molar-refractivity contribution in [1.29, 1.82) is 0 Å². The maximum absolute atomic E-state index is 11.5. The highest BCUT2D eigenvalue weighted by Crippen LogP contribution is 2.28. The Morgan fingerprint density at radius 3 is 2.78 bits per heavy atom. The second kappa shape index (κ2) is 6.74. The molecule has 0 bridgehead atoms. The van der Waals surface area contributed by atoms with Crippen LogP contribution in [0.3, 0.4) is 0 Å². The Labute approximate surface area is 108 Å². The van der Waals surface area contributed by atoms with E-state index in [1.165, 1.54) is 0 Å². The van der Waals surface area contributed by atoms with E-state index < -0.39 is 0 Å². The highest BCUT2D eigenvalue weighted by atomic mass is 16.5. The molecule has 0 unspecified atom stereocenters. The fourth-order valence-corrected chi connectivity index (χ4v) is 1.73. The van der Waals surface area contributed by atoms with Gasteiger partial charge >= 0.3 is 0 Å². The Balaban J connectivity index is 2.99. The van der Waals surface area contributed by atoms with Crippen molar-refractivity contribution in [1.82, 2.24) is 5.32 Å². The summed E-state index contributed by atoms with van der Waals surface area (Å²) in [5, 5.41) is 2.62. The Morgan fingerprint density at radius 1 is 1.50 bits per heavy atom. The minimum Gasteiger partial charge on any atom is -0.497 e. The quantitative estimate of drug-likeness (QED) is 0.746. The molecule has 0 aliphatic rings. The minimum atomic E-state index is -0.0364. The van der Waals surface area contributed by atoms with Crippen molar-refractivity contribution in [3.05, 3.63) is 18.2 Å². The number of ether oxygens (including phenoxy) is 1. The van der Waals surface area contributed by atoms with E-state index in [2.05, 4.69) is 12.2 Å². The summed E-state index contributed by atoms with van der Waals surface area (Å²) in [5.41, 5.74) is 7.44. The Hall–Kier alpha value is -1.91. The van der Waals surface area contributed by atoms with Crippen LogP contribution in [0, 0.1) is 0 Å². The minimum absolute atomic E-state index is 0.0364. The molecular formula is C13H21N3O2. The van der Waals surface area contributed by atoms with E-state index in [9.17, 15) is 4.79 Å². The molecule has 0 fully saturated rings. The van der Waals surface area contributed by atoms with Gasteiger partial charge in [-0.2, -0.15) is 0 Å². The van der Waals surface area contributed by atoms with Gasteiger partial charge in [0, 0.05) is 19.7 Å². The van der Waals surface area contributed by atoms with E-state index in [0.717, 1.165) is 24.4 Å². The number of anilines is 2. The number of amides is 1. The average Bonchev–Trinajstić information content (AvgIpc) is 2.38. The van der Waals surface area contributed by atoms with Gasteiger partial charge in [-0.3, -0.25) is 4.79 Å². The van der Waals surface area contributed by atoms with Crippen molar-refractivity contribution >= 4 is 17.3 Å². The summed E-state index contributed by atoms with van der Waals surface area (Å²) in [4.78, 5) is 13.5. The molecule has 0 saturated carbocycles. The van der Waals surface area contributed by atoms with Crippen molar-refractivity contribution in [3.8, 4) is 5.75 Å². The van der Waals surface area contributed by atoms with Gasteiger partial charge in [-0.15, -0.1) is 0 Å². The summed E-state index contributed by atoms with van der Waals surface area (Å²) in [6.07, 6.45) is 0.938. The second-order valence-electron chi connectivity index (χ2n) is 4.02. The summed E-state index contributed by atoms with van der Waals surface area (Å²) < 4.78 is 5.19. The molecule has 0 aliphatic carbocycles. The van der Waals surface area contributed by atoms with E-state index in [1.807, 2.05) is 17.0 Å².